The third-order valence-corrected chi connectivity index (χ3v) is 3.64. The first-order valence-corrected chi connectivity index (χ1v) is 8.10. The van der Waals surface area contributed by atoms with Crippen LogP contribution in [-0.4, -0.2) is 20.6 Å². The highest BCUT2D eigenvalue weighted by molar-refractivity contribution is 14.1. The molecular formula is C10H12ClIN2O4S. The maximum atomic E-state index is 11.6. The van der Waals surface area contributed by atoms with Gasteiger partial charge in [0, 0.05) is 3.57 Å². The van der Waals surface area contributed by atoms with Gasteiger partial charge in [-0.25, -0.2) is 9.52 Å². The highest BCUT2D eigenvalue weighted by Gasteiger charge is 2.17. The van der Waals surface area contributed by atoms with E-state index in [0.29, 0.717) is 0 Å². The molecule has 1 aromatic rings. The lowest BCUT2D eigenvalue weighted by Gasteiger charge is -2.12. The fourth-order valence-electron chi connectivity index (χ4n) is 1.09. The molecule has 0 fully saturated rings. The van der Waals surface area contributed by atoms with Crippen LogP contribution in [0.5, 0.6) is 0 Å². The number of amides is 1. The molecule has 0 atom stereocenters. The predicted octanol–water partition coefficient (Wildman–Crippen LogP) is 2.74. The molecule has 6 nitrogen and oxygen atoms in total. The monoisotopic (exact) mass is 418 g/mol. The van der Waals surface area contributed by atoms with Crippen LogP contribution in [0.4, 0.5) is 10.5 Å². The quantitative estimate of drug-likeness (QED) is 0.737. The summed E-state index contributed by atoms with van der Waals surface area (Å²) in [4.78, 5) is 11.2. The summed E-state index contributed by atoms with van der Waals surface area (Å²) in [5.74, 6) is 0. The third kappa shape index (κ3) is 5.83. The van der Waals surface area contributed by atoms with Crippen LogP contribution >= 0.6 is 34.2 Å². The number of benzene rings is 1. The molecule has 0 aliphatic carbocycles. The van der Waals surface area contributed by atoms with E-state index in [4.69, 9.17) is 11.6 Å². The van der Waals surface area contributed by atoms with Gasteiger partial charge in [0.15, 0.2) is 0 Å². The summed E-state index contributed by atoms with van der Waals surface area (Å²) in [5.41, 5.74) is 0.173. The summed E-state index contributed by atoms with van der Waals surface area (Å²) in [5, 5.41) is 0.231. The first kappa shape index (κ1) is 16.3. The zero-order valence-electron chi connectivity index (χ0n) is 10.1. The largest absolute Gasteiger partial charge is 0.446 e. The van der Waals surface area contributed by atoms with Crippen LogP contribution in [0.2, 0.25) is 5.02 Å². The first-order chi connectivity index (χ1) is 8.69. The van der Waals surface area contributed by atoms with Gasteiger partial charge in [0.2, 0.25) is 0 Å². The van der Waals surface area contributed by atoms with Gasteiger partial charge in [0.1, 0.15) is 0 Å². The molecule has 0 saturated heterocycles. The number of hydrogen-bond acceptors (Lipinski definition) is 4. The number of carbonyl (C=O) groups excluding carboxylic acids is 1. The first-order valence-electron chi connectivity index (χ1n) is 5.16. The van der Waals surface area contributed by atoms with Gasteiger partial charge in [0.25, 0.3) is 0 Å². The SMILES string of the molecule is CC(C)OC(=O)NS(=O)(=O)Nc1ccc(I)cc1Cl. The van der Waals surface area contributed by atoms with Gasteiger partial charge in [-0.05, 0) is 54.6 Å². The molecule has 1 aromatic carbocycles. The second-order valence-corrected chi connectivity index (χ2v) is 6.85. The molecule has 19 heavy (non-hydrogen) atoms. The number of carbonyl (C=O) groups is 1. The van der Waals surface area contributed by atoms with Gasteiger partial charge < -0.3 is 4.74 Å². The van der Waals surface area contributed by atoms with Crippen molar-refractivity contribution in [1.29, 1.82) is 0 Å². The van der Waals surface area contributed by atoms with Gasteiger partial charge >= 0.3 is 16.3 Å². The van der Waals surface area contributed by atoms with Gasteiger partial charge in [-0.15, -0.1) is 0 Å². The molecule has 106 valence electrons. The fraction of sp³-hybridized carbons (Fsp3) is 0.300. The third-order valence-electron chi connectivity index (χ3n) is 1.74. The number of anilines is 1. The summed E-state index contributed by atoms with van der Waals surface area (Å²) in [6.07, 6.45) is -1.47. The van der Waals surface area contributed by atoms with Crippen molar-refractivity contribution in [2.75, 3.05) is 4.72 Å². The van der Waals surface area contributed by atoms with Crippen molar-refractivity contribution < 1.29 is 17.9 Å². The number of hydrogen-bond donors (Lipinski definition) is 2. The van der Waals surface area contributed by atoms with Crippen molar-refractivity contribution in [2.24, 2.45) is 0 Å². The van der Waals surface area contributed by atoms with E-state index in [2.05, 4.69) is 9.46 Å². The average Bonchev–Trinajstić information content (AvgIpc) is 2.19. The Morgan fingerprint density at radius 2 is 2.05 bits per heavy atom. The lowest BCUT2D eigenvalue weighted by molar-refractivity contribution is 0.121. The Kier molecular flexibility index (Phi) is 5.68. The van der Waals surface area contributed by atoms with Crippen LogP contribution in [-0.2, 0) is 14.9 Å². The van der Waals surface area contributed by atoms with E-state index in [1.54, 1.807) is 30.7 Å². The summed E-state index contributed by atoms with van der Waals surface area (Å²) in [6.45, 7) is 3.21. The summed E-state index contributed by atoms with van der Waals surface area (Å²) >= 11 is 7.92. The van der Waals surface area contributed by atoms with E-state index in [0.717, 1.165) is 3.57 Å². The highest BCUT2D eigenvalue weighted by Crippen LogP contribution is 2.24. The number of ether oxygens (including phenoxy) is 1. The Morgan fingerprint density at radius 3 is 2.58 bits per heavy atom. The van der Waals surface area contributed by atoms with Crippen LogP contribution in [0.3, 0.4) is 0 Å². The molecule has 0 spiro atoms. The Morgan fingerprint density at radius 1 is 1.42 bits per heavy atom. The molecular weight excluding hydrogens is 407 g/mol. The molecule has 0 aliphatic rings. The maximum Gasteiger partial charge on any atom is 0.422 e. The number of halogens is 2. The van der Waals surface area contributed by atoms with Crippen molar-refractivity contribution in [1.82, 2.24) is 4.72 Å². The van der Waals surface area contributed by atoms with Crippen molar-refractivity contribution in [2.45, 2.75) is 20.0 Å². The Bertz CT molecular complexity index is 577. The van der Waals surface area contributed by atoms with Crippen LogP contribution in [0, 0.1) is 3.57 Å². The van der Waals surface area contributed by atoms with Crippen molar-refractivity contribution in [3.8, 4) is 0 Å². The zero-order chi connectivity index (χ0) is 14.6. The van der Waals surface area contributed by atoms with Crippen LogP contribution in [0.15, 0.2) is 18.2 Å². The summed E-state index contributed by atoms with van der Waals surface area (Å²) < 4.78 is 32.7. The van der Waals surface area contributed by atoms with Crippen molar-refractivity contribution in [3.63, 3.8) is 0 Å². The van der Waals surface area contributed by atoms with Crippen molar-refractivity contribution >= 4 is 56.2 Å². The van der Waals surface area contributed by atoms with E-state index < -0.39 is 22.4 Å². The molecule has 1 amide bonds. The van der Waals surface area contributed by atoms with Gasteiger partial charge in [-0.3, -0.25) is 4.72 Å². The minimum absolute atomic E-state index is 0.173. The second kappa shape index (κ2) is 6.62. The lowest BCUT2D eigenvalue weighted by atomic mass is 10.3. The maximum absolute atomic E-state index is 11.6. The molecule has 0 bridgehead atoms. The molecule has 0 aromatic heterocycles. The summed E-state index contributed by atoms with van der Waals surface area (Å²) in [6, 6.07) is 4.76. The Balaban J connectivity index is 2.77. The van der Waals surface area contributed by atoms with E-state index in [-0.39, 0.29) is 10.7 Å². The Labute approximate surface area is 130 Å². The Hall–Kier alpha value is -0.740. The molecule has 9 heteroatoms. The lowest BCUT2D eigenvalue weighted by Crippen LogP contribution is -2.36. The van der Waals surface area contributed by atoms with Crippen LogP contribution < -0.4 is 9.44 Å². The van der Waals surface area contributed by atoms with Gasteiger partial charge in [0.05, 0.1) is 16.8 Å². The van der Waals surface area contributed by atoms with Crippen LogP contribution in [0.25, 0.3) is 0 Å². The minimum Gasteiger partial charge on any atom is -0.446 e. The van der Waals surface area contributed by atoms with E-state index in [1.807, 2.05) is 22.6 Å². The minimum atomic E-state index is -4.08. The average molecular weight is 419 g/mol. The molecule has 0 heterocycles. The molecule has 0 saturated carbocycles. The molecule has 0 aliphatic heterocycles. The molecule has 0 radical (unpaired) electrons. The molecule has 0 unspecified atom stereocenters. The van der Waals surface area contributed by atoms with Crippen LogP contribution in [0.1, 0.15) is 13.8 Å². The van der Waals surface area contributed by atoms with Gasteiger partial charge in [-0.2, -0.15) is 8.42 Å². The van der Waals surface area contributed by atoms with E-state index in [9.17, 15) is 13.2 Å². The number of rotatable bonds is 4. The van der Waals surface area contributed by atoms with Gasteiger partial charge in [-0.1, -0.05) is 11.6 Å². The second-order valence-electron chi connectivity index (χ2n) is 3.79. The van der Waals surface area contributed by atoms with Crippen molar-refractivity contribution in [3.05, 3.63) is 26.8 Å². The molecule has 2 N–H and O–H groups in total. The normalized spacial score (nSPS) is 11.2. The van der Waals surface area contributed by atoms with E-state index in [1.165, 1.54) is 6.07 Å². The molecule has 1 rings (SSSR count). The topological polar surface area (TPSA) is 84.5 Å². The predicted molar refractivity (Wildman–Crippen MR) is 81.5 cm³/mol. The number of nitrogens with one attached hydrogen (secondary N) is 2. The highest BCUT2D eigenvalue weighted by atomic mass is 127. The summed E-state index contributed by atoms with van der Waals surface area (Å²) in [7, 11) is -4.08. The standard InChI is InChI=1S/C10H12ClIN2O4S/c1-6(2)18-10(15)14-19(16,17)13-9-4-3-7(12)5-8(9)11/h3-6,13H,1-2H3,(H,14,15). The fourth-order valence-corrected chi connectivity index (χ4v) is 2.84. The smallest absolute Gasteiger partial charge is 0.422 e. The van der Waals surface area contributed by atoms with E-state index >= 15 is 0 Å². The zero-order valence-corrected chi connectivity index (χ0v) is 13.8.